The highest BCUT2D eigenvalue weighted by molar-refractivity contribution is 7.12. The molecule has 2 heteroatoms. The summed E-state index contributed by atoms with van der Waals surface area (Å²) in [7, 11) is 0. The van der Waals surface area contributed by atoms with Crippen LogP contribution >= 0.6 is 11.3 Å². The van der Waals surface area contributed by atoms with E-state index in [-0.39, 0.29) is 0 Å². The smallest absolute Gasteiger partial charge is 0.0386 e. The second-order valence-electron chi connectivity index (χ2n) is 4.92. The van der Waals surface area contributed by atoms with Crippen LogP contribution in [0.3, 0.4) is 0 Å². The molecule has 1 aliphatic carbocycles. The van der Waals surface area contributed by atoms with Gasteiger partial charge in [0, 0.05) is 15.8 Å². The molecular formula is C14H23NS. The van der Waals surface area contributed by atoms with Crippen molar-refractivity contribution in [3.8, 4) is 0 Å². The van der Waals surface area contributed by atoms with E-state index in [0.29, 0.717) is 6.04 Å². The second kappa shape index (κ2) is 5.83. The Kier molecular flexibility index (Phi) is 4.42. The molecule has 1 aliphatic rings. The Morgan fingerprint density at radius 1 is 1.44 bits per heavy atom. The van der Waals surface area contributed by atoms with E-state index in [4.69, 9.17) is 0 Å². The van der Waals surface area contributed by atoms with Crippen LogP contribution < -0.4 is 5.32 Å². The van der Waals surface area contributed by atoms with Gasteiger partial charge in [-0.1, -0.05) is 26.2 Å². The third-order valence-electron chi connectivity index (χ3n) is 3.69. The van der Waals surface area contributed by atoms with Crippen molar-refractivity contribution in [2.75, 3.05) is 6.54 Å². The van der Waals surface area contributed by atoms with Crippen LogP contribution in [0, 0.1) is 5.92 Å². The lowest BCUT2D eigenvalue weighted by atomic mass is 9.83. The molecule has 1 N–H and O–H groups in total. The Morgan fingerprint density at radius 2 is 2.25 bits per heavy atom. The molecule has 1 fully saturated rings. The van der Waals surface area contributed by atoms with Gasteiger partial charge in [0.25, 0.3) is 0 Å². The Labute approximate surface area is 103 Å². The number of aryl methyl sites for hydroxylation is 1. The Morgan fingerprint density at radius 3 is 2.81 bits per heavy atom. The van der Waals surface area contributed by atoms with Crippen LogP contribution in [0.15, 0.2) is 12.1 Å². The quantitative estimate of drug-likeness (QED) is 0.783. The molecule has 1 saturated carbocycles. The van der Waals surface area contributed by atoms with Crippen molar-refractivity contribution in [3.05, 3.63) is 21.9 Å². The van der Waals surface area contributed by atoms with Gasteiger partial charge >= 0.3 is 0 Å². The SMILES string of the molecule is CCc1ccc(C(C)NCCC2CCC2)s1. The van der Waals surface area contributed by atoms with Crippen LogP contribution in [0.25, 0.3) is 0 Å². The van der Waals surface area contributed by atoms with E-state index in [1.54, 1.807) is 0 Å². The summed E-state index contributed by atoms with van der Waals surface area (Å²) in [5.74, 6) is 1.02. The number of nitrogens with one attached hydrogen (secondary N) is 1. The van der Waals surface area contributed by atoms with Crippen LogP contribution in [0.5, 0.6) is 0 Å². The molecule has 1 atom stereocenters. The van der Waals surface area contributed by atoms with Gasteiger partial charge in [-0.25, -0.2) is 0 Å². The molecule has 90 valence electrons. The lowest BCUT2D eigenvalue weighted by Crippen LogP contribution is -2.23. The van der Waals surface area contributed by atoms with E-state index in [0.717, 1.165) is 5.92 Å². The monoisotopic (exact) mass is 237 g/mol. The molecule has 0 bridgehead atoms. The fourth-order valence-corrected chi connectivity index (χ4v) is 3.18. The highest BCUT2D eigenvalue weighted by atomic mass is 32.1. The number of hydrogen-bond acceptors (Lipinski definition) is 2. The Balaban J connectivity index is 1.71. The lowest BCUT2D eigenvalue weighted by Gasteiger charge is -2.25. The fraction of sp³-hybridized carbons (Fsp3) is 0.714. The molecule has 0 amide bonds. The first kappa shape index (κ1) is 12.1. The number of rotatable bonds is 6. The largest absolute Gasteiger partial charge is 0.309 e. The summed E-state index contributed by atoms with van der Waals surface area (Å²) < 4.78 is 0. The van der Waals surface area contributed by atoms with Crippen molar-refractivity contribution in [1.82, 2.24) is 5.32 Å². The van der Waals surface area contributed by atoms with Crippen LogP contribution in [0.4, 0.5) is 0 Å². The first-order valence-electron chi connectivity index (χ1n) is 6.61. The Bertz CT molecular complexity index is 314. The molecule has 0 saturated heterocycles. The van der Waals surface area contributed by atoms with E-state index < -0.39 is 0 Å². The zero-order chi connectivity index (χ0) is 11.4. The molecule has 0 aliphatic heterocycles. The van der Waals surface area contributed by atoms with E-state index >= 15 is 0 Å². The molecule has 1 unspecified atom stereocenters. The summed E-state index contributed by atoms with van der Waals surface area (Å²) >= 11 is 1.96. The van der Waals surface area contributed by atoms with Crippen LogP contribution in [-0.2, 0) is 6.42 Å². The molecule has 16 heavy (non-hydrogen) atoms. The second-order valence-corrected chi connectivity index (χ2v) is 6.12. The molecule has 1 nitrogen and oxygen atoms in total. The minimum Gasteiger partial charge on any atom is -0.309 e. The van der Waals surface area contributed by atoms with Crippen molar-refractivity contribution in [3.63, 3.8) is 0 Å². The van der Waals surface area contributed by atoms with Crippen molar-refractivity contribution in [1.29, 1.82) is 0 Å². The Hall–Kier alpha value is -0.340. The first-order valence-corrected chi connectivity index (χ1v) is 7.43. The van der Waals surface area contributed by atoms with E-state index in [2.05, 4.69) is 31.3 Å². The fourth-order valence-electron chi connectivity index (χ4n) is 2.20. The summed E-state index contributed by atoms with van der Waals surface area (Å²) in [5, 5.41) is 3.65. The molecule has 1 aromatic heterocycles. The summed E-state index contributed by atoms with van der Waals surface area (Å²) in [4.78, 5) is 2.99. The normalized spacial score (nSPS) is 18.4. The van der Waals surface area contributed by atoms with Crippen molar-refractivity contribution < 1.29 is 0 Å². The maximum atomic E-state index is 3.65. The highest BCUT2D eigenvalue weighted by Crippen LogP contribution is 2.29. The molecule has 0 radical (unpaired) electrons. The third kappa shape index (κ3) is 3.08. The summed E-state index contributed by atoms with van der Waals surface area (Å²) in [6, 6.07) is 5.08. The predicted octanol–water partition coefficient (Wildman–Crippen LogP) is 4.15. The van der Waals surface area contributed by atoms with Gasteiger partial charge in [-0.2, -0.15) is 0 Å². The van der Waals surface area contributed by atoms with Crippen molar-refractivity contribution >= 4 is 11.3 Å². The average Bonchev–Trinajstić information content (AvgIpc) is 2.69. The minimum absolute atomic E-state index is 0.533. The standard InChI is InChI=1S/C14H23NS/c1-3-13-7-8-14(16-13)11(2)15-10-9-12-5-4-6-12/h7-8,11-12,15H,3-6,9-10H2,1-2H3. The van der Waals surface area contributed by atoms with Gasteiger partial charge in [0.2, 0.25) is 0 Å². The molecule has 0 aromatic carbocycles. The van der Waals surface area contributed by atoms with Crippen LogP contribution in [0.1, 0.15) is 55.3 Å². The highest BCUT2D eigenvalue weighted by Gasteiger charge is 2.17. The van der Waals surface area contributed by atoms with E-state index in [1.807, 2.05) is 11.3 Å². The zero-order valence-electron chi connectivity index (χ0n) is 10.5. The van der Waals surface area contributed by atoms with Gasteiger partial charge in [-0.15, -0.1) is 11.3 Å². The van der Waals surface area contributed by atoms with Crippen LogP contribution in [-0.4, -0.2) is 6.54 Å². The molecule has 2 rings (SSSR count). The maximum absolute atomic E-state index is 3.65. The van der Waals surface area contributed by atoms with Crippen molar-refractivity contribution in [2.24, 2.45) is 5.92 Å². The van der Waals surface area contributed by atoms with Gasteiger partial charge in [0.15, 0.2) is 0 Å². The molecular weight excluding hydrogens is 214 g/mol. The van der Waals surface area contributed by atoms with Crippen LogP contribution in [0.2, 0.25) is 0 Å². The third-order valence-corrected chi connectivity index (χ3v) is 5.10. The molecule has 1 aromatic rings. The molecule has 0 spiro atoms. The average molecular weight is 237 g/mol. The van der Waals surface area contributed by atoms with Crippen molar-refractivity contribution in [2.45, 2.75) is 52.0 Å². The van der Waals surface area contributed by atoms with Gasteiger partial charge < -0.3 is 5.32 Å². The van der Waals surface area contributed by atoms with Gasteiger partial charge in [0.05, 0.1) is 0 Å². The number of hydrogen-bond donors (Lipinski definition) is 1. The van der Waals surface area contributed by atoms with Gasteiger partial charge in [-0.3, -0.25) is 0 Å². The van der Waals surface area contributed by atoms with E-state index in [1.165, 1.54) is 48.4 Å². The summed E-state index contributed by atoms with van der Waals surface area (Å²) in [6.45, 7) is 5.70. The maximum Gasteiger partial charge on any atom is 0.0386 e. The van der Waals surface area contributed by atoms with Gasteiger partial charge in [-0.05, 0) is 44.4 Å². The molecule has 1 heterocycles. The first-order chi connectivity index (χ1) is 7.79. The minimum atomic E-state index is 0.533. The predicted molar refractivity (Wildman–Crippen MR) is 72.1 cm³/mol. The summed E-state index contributed by atoms with van der Waals surface area (Å²) in [5.41, 5.74) is 0. The van der Waals surface area contributed by atoms with Gasteiger partial charge in [0.1, 0.15) is 0 Å². The topological polar surface area (TPSA) is 12.0 Å². The zero-order valence-corrected chi connectivity index (χ0v) is 11.3. The number of thiophene rings is 1. The summed E-state index contributed by atoms with van der Waals surface area (Å²) in [6.07, 6.45) is 6.94. The van der Waals surface area contributed by atoms with E-state index in [9.17, 15) is 0 Å². The lowest BCUT2D eigenvalue weighted by molar-refractivity contribution is 0.289.